The molecule has 1 unspecified atom stereocenters. The minimum atomic E-state index is -0.707. The smallest absolute Gasteiger partial charge is 0.315 e. The van der Waals surface area contributed by atoms with E-state index in [1.54, 1.807) is 24.3 Å². The molecule has 0 aromatic heterocycles. The number of ketones is 1. The van der Waals surface area contributed by atoms with E-state index in [0.29, 0.717) is 17.8 Å². The second kappa shape index (κ2) is 9.52. The Balaban J connectivity index is 1.97. The topological polar surface area (TPSA) is 87.3 Å². The highest BCUT2D eigenvalue weighted by molar-refractivity contribution is 5.99. The number of amides is 3. The van der Waals surface area contributed by atoms with Gasteiger partial charge in [-0.05, 0) is 30.5 Å². The number of anilines is 1. The van der Waals surface area contributed by atoms with Crippen molar-refractivity contribution in [1.82, 2.24) is 10.6 Å². The first-order valence-electron chi connectivity index (χ1n) is 8.87. The fourth-order valence-corrected chi connectivity index (χ4v) is 2.54. The second-order valence-electron chi connectivity index (χ2n) is 6.66. The van der Waals surface area contributed by atoms with Crippen molar-refractivity contribution in [2.24, 2.45) is 5.92 Å². The Labute approximate surface area is 159 Å². The summed E-state index contributed by atoms with van der Waals surface area (Å²) in [6, 6.07) is 15.1. The zero-order valence-corrected chi connectivity index (χ0v) is 15.8. The fraction of sp³-hybridized carbons (Fsp3) is 0.286. The zero-order valence-electron chi connectivity index (χ0n) is 15.8. The summed E-state index contributed by atoms with van der Waals surface area (Å²) in [5.74, 6) is -0.519. The van der Waals surface area contributed by atoms with Crippen LogP contribution >= 0.6 is 0 Å². The lowest BCUT2D eigenvalue weighted by Gasteiger charge is -2.22. The van der Waals surface area contributed by atoms with Crippen LogP contribution in [-0.2, 0) is 11.3 Å². The van der Waals surface area contributed by atoms with Gasteiger partial charge < -0.3 is 16.0 Å². The molecule has 0 saturated heterocycles. The van der Waals surface area contributed by atoms with E-state index in [9.17, 15) is 14.4 Å². The quantitative estimate of drug-likeness (QED) is 0.656. The van der Waals surface area contributed by atoms with Gasteiger partial charge in [0.05, 0.1) is 0 Å². The van der Waals surface area contributed by atoms with E-state index in [2.05, 4.69) is 16.0 Å². The number of urea groups is 1. The molecule has 1 atom stereocenters. The fourth-order valence-electron chi connectivity index (χ4n) is 2.54. The molecule has 0 aliphatic carbocycles. The Kier molecular flexibility index (Phi) is 7.11. The molecule has 0 aliphatic rings. The summed E-state index contributed by atoms with van der Waals surface area (Å²) in [7, 11) is 0. The minimum absolute atomic E-state index is 0.0788. The van der Waals surface area contributed by atoms with E-state index < -0.39 is 12.1 Å². The third-order valence-corrected chi connectivity index (χ3v) is 4.07. The van der Waals surface area contributed by atoms with Crippen LogP contribution in [-0.4, -0.2) is 23.8 Å². The number of rotatable bonds is 7. The number of carbonyl (C=O) groups is 3. The maximum atomic E-state index is 12.6. The normalized spacial score (nSPS) is 11.6. The lowest BCUT2D eigenvalue weighted by molar-refractivity contribution is -0.118. The average molecular weight is 367 g/mol. The van der Waals surface area contributed by atoms with Crippen molar-refractivity contribution in [3.05, 3.63) is 65.7 Å². The highest BCUT2D eigenvalue weighted by atomic mass is 16.2. The summed E-state index contributed by atoms with van der Waals surface area (Å²) in [5.41, 5.74) is 2.01. The predicted octanol–water partition coefficient (Wildman–Crippen LogP) is 3.35. The van der Waals surface area contributed by atoms with Crippen LogP contribution in [0.4, 0.5) is 10.5 Å². The summed E-state index contributed by atoms with van der Waals surface area (Å²) in [5, 5.41) is 8.23. The Hall–Kier alpha value is -3.15. The van der Waals surface area contributed by atoms with E-state index in [1.165, 1.54) is 6.92 Å². The predicted molar refractivity (Wildman–Crippen MR) is 106 cm³/mol. The van der Waals surface area contributed by atoms with Crippen molar-refractivity contribution in [1.29, 1.82) is 0 Å². The lowest BCUT2D eigenvalue weighted by Crippen LogP contribution is -2.50. The summed E-state index contributed by atoms with van der Waals surface area (Å²) < 4.78 is 0. The molecule has 2 aromatic carbocycles. The SMILES string of the molecule is CC(=O)c1cccc(NC(=O)C(NC(=O)NCc2ccccc2)C(C)C)c1. The molecule has 0 aliphatic heterocycles. The highest BCUT2D eigenvalue weighted by Crippen LogP contribution is 2.13. The zero-order chi connectivity index (χ0) is 19.8. The van der Waals surface area contributed by atoms with Gasteiger partial charge in [0.15, 0.2) is 5.78 Å². The van der Waals surface area contributed by atoms with Crippen molar-refractivity contribution in [2.45, 2.75) is 33.4 Å². The van der Waals surface area contributed by atoms with Crippen LogP contribution in [0.1, 0.15) is 36.7 Å². The molecule has 0 fully saturated rings. The Morgan fingerprint density at radius 3 is 2.30 bits per heavy atom. The van der Waals surface area contributed by atoms with Gasteiger partial charge in [-0.25, -0.2) is 4.79 Å². The first kappa shape index (κ1) is 20.2. The van der Waals surface area contributed by atoms with Gasteiger partial charge in [0.25, 0.3) is 0 Å². The summed E-state index contributed by atoms with van der Waals surface area (Å²) in [6.45, 7) is 5.55. The number of hydrogen-bond donors (Lipinski definition) is 3. The van der Waals surface area contributed by atoms with Gasteiger partial charge in [0, 0.05) is 17.8 Å². The second-order valence-corrected chi connectivity index (χ2v) is 6.66. The maximum Gasteiger partial charge on any atom is 0.315 e. The molecule has 0 saturated carbocycles. The van der Waals surface area contributed by atoms with Crippen molar-refractivity contribution in [3.8, 4) is 0 Å². The largest absolute Gasteiger partial charge is 0.334 e. The molecule has 0 radical (unpaired) electrons. The van der Waals surface area contributed by atoms with Crippen LogP contribution in [0, 0.1) is 5.92 Å². The summed E-state index contributed by atoms with van der Waals surface area (Å²) in [6.07, 6.45) is 0. The molecule has 3 N–H and O–H groups in total. The number of benzene rings is 2. The molecular weight excluding hydrogens is 342 g/mol. The summed E-state index contributed by atoms with van der Waals surface area (Å²) >= 11 is 0. The van der Waals surface area contributed by atoms with E-state index in [4.69, 9.17) is 0 Å². The van der Waals surface area contributed by atoms with Gasteiger partial charge >= 0.3 is 6.03 Å². The lowest BCUT2D eigenvalue weighted by atomic mass is 10.0. The first-order chi connectivity index (χ1) is 12.9. The van der Waals surface area contributed by atoms with E-state index in [1.807, 2.05) is 44.2 Å². The van der Waals surface area contributed by atoms with Crippen LogP contribution in [0.3, 0.4) is 0 Å². The third-order valence-electron chi connectivity index (χ3n) is 4.07. The van der Waals surface area contributed by atoms with E-state index in [0.717, 1.165) is 5.56 Å². The van der Waals surface area contributed by atoms with Gasteiger partial charge in [0.2, 0.25) is 5.91 Å². The molecule has 0 spiro atoms. The maximum absolute atomic E-state index is 12.6. The first-order valence-corrected chi connectivity index (χ1v) is 8.87. The van der Waals surface area contributed by atoms with Gasteiger partial charge in [-0.15, -0.1) is 0 Å². The Morgan fingerprint density at radius 1 is 0.963 bits per heavy atom. The number of carbonyl (C=O) groups excluding carboxylic acids is 3. The van der Waals surface area contributed by atoms with Crippen molar-refractivity contribution in [3.63, 3.8) is 0 Å². The third kappa shape index (κ3) is 6.26. The molecule has 0 heterocycles. The van der Waals surface area contributed by atoms with Crippen molar-refractivity contribution < 1.29 is 14.4 Å². The van der Waals surface area contributed by atoms with Gasteiger partial charge in [-0.1, -0.05) is 56.3 Å². The van der Waals surface area contributed by atoms with Crippen LogP contribution in [0.2, 0.25) is 0 Å². The summed E-state index contributed by atoms with van der Waals surface area (Å²) in [4.78, 5) is 36.3. The van der Waals surface area contributed by atoms with E-state index in [-0.39, 0.29) is 17.6 Å². The van der Waals surface area contributed by atoms with Crippen molar-refractivity contribution in [2.75, 3.05) is 5.32 Å². The molecular formula is C21H25N3O3. The Morgan fingerprint density at radius 2 is 1.67 bits per heavy atom. The molecule has 6 heteroatoms. The number of Topliss-reactive ketones (excluding diaryl/α,β-unsaturated/α-hetero) is 1. The van der Waals surface area contributed by atoms with E-state index >= 15 is 0 Å². The van der Waals surface area contributed by atoms with Crippen LogP contribution in [0.5, 0.6) is 0 Å². The standard InChI is InChI=1S/C21H25N3O3/c1-14(2)19(24-21(27)22-13-16-8-5-4-6-9-16)20(26)23-18-11-7-10-17(12-18)15(3)25/h4-12,14,19H,13H2,1-3H3,(H,23,26)(H2,22,24,27). The monoisotopic (exact) mass is 367 g/mol. The van der Waals surface area contributed by atoms with Gasteiger partial charge in [0.1, 0.15) is 6.04 Å². The number of hydrogen-bond acceptors (Lipinski definition) is 3. The molecule has 2 rings (SSSR count). The molecule has 6 nitrogen and oxygen atoms in total. The van der Waals surface area contributed by atoms with Crippen LogP contribution in [0.25, 0.3) is 0 Å². The Bertz CT molecular complexity index is 803. The molecule has 142 valence electrons. The molecule has 3 amide bonds. The highest BCUT2D eigenvalue weighted by Gasteiger charge is 2.24. The van der Waals surface area contributed by atoms with Gasteiger partial charge in [-0.3, -0.25) is 9.59 Å². The van der Waals surface area contributed by atoms with Crippen molar-refractivity contribution >= 4 is 23.4 Å². The minimum Gasteiger partial charge on any atom is -0.334 e. The van der Waals surface area contributed by atoms with Gasteiger partial charge in [-0.2, -0.15) is 0 Å². The molecule has 2 aromatic rings. The molecule has 27 heavy (non-hydrogen) atoms. The number of nitrogens with one attached hydrogen (secondary N) is 3. The van der Waals surface area contributed by atoms with Crippen LogP contribution < -0.4 is 16.0 Å². The van der Waals surface area contributed by atoms with Crippen LogP contribution in [0.15, 0.2) is 54.6 Å². The molecule has 0 bridgehead atoms. The average Bonchev–Trinajstić information content (AvgIpc) is 2.65.